The summed E-state index contributed by atoms with van der Waals surface area (Å²) in [6.45, 7) is 3.75. The van der Waals surface area contributed by atoms with Crippen LogP contribution in [0.2, 0.25) is 5.02 Å². The molecule has 2 aromatic rings. The van der Waals surface area contributed by atoms with E-state index in [2.05, 4.69) is 15.5 Å². The molecule has 0 bridgehead atoms. The van der Waals surface area contributed by atoms with Gasteiger partial charge in [0, 0.05) is 10.7 Å². The van der Waals surface area contributed by atoms with Crippen LogP contribution >= 0.6 is 23.4 Å². The number of nitriles is 1. The van der Waals surface area contributed by atoms with Crippen LogP contribution in [0.4, 0.5) is 11.6 Å². The van der Waals surface area contributed by atoms with E-state index in [0.29, 0.717) is 22.3 Å². The number of aryl methyl sites for hydroxylation is 1. The standard InChI is InChI=1S/C15H17ClN6OS/c1-3-12(22-14(18)20-21-15(22)24-7-6-17)13(23)19-11-8-10(16)5-4-9(11)2/h4-5,8,12H,3,7H2,1-2H3,(H2,18,20)(H,19,23). The van der Waals surface area contributed by atoms with Gasteiger partial charge >= 0.3 is 0 Å². The third-order valence-corrected chi connectivity index (χ3v) is 4.46. The Morgan fingerprint density at radius 1 is 1.54 bits per heavy atom. The van der Waals surface area contributed by atoms with Crippen molar-refractivity contribution >= 4 is 40.9 Å². The van der Waals surface area contributed by atoms with Crippen molar-refractivity contribution in [3.05, 3.63) is 28.8 Å². The van der Waals surface area contributed by atoms with Crippen LogP contribution in [0, 0.1) is 18.3 Å². The predicted octanol–water partition coefficient (Wildman–Crippen LogP) is 3.03. The Morgan fingerprint density at radius 3 is 2.96 bits per heavy atom. The summed E-state index contributed by atoms with van der Waals surface area (Å²) in [5.74, 6) is 0.0947. The second-order valence-corrected chi connectivity index (χ2v) is 6.41. The number of benzene rings is 1. The van der Waals surface area contributed by atoms with E-state index in [-0.39, 0.29) is 17.6 Å². The first-order valence-corrected chi connectivity index (χ1v) is 8.61. The lowest BCUT2D eigenvalue weighted by Crippen LogP contribution is -2.27. The topological polar surface area (TPSA) is 110 Å². The summed E-state index contributed by atoms with van der Waals surface area (Å²) < 4.78 is 1.55. The Hall–Kier alpha value is -2.24. The fourth-order valence-electron chi connectivity index (χ4n) is 2.21. The van der Waals surface area contributed by atoms with E-state index >= 15 is 0 Å². The number of carbonyl (C=O) groups excluding carboxylic acids is 1. The number of carbonyl (C=O) groups is 1. The molecule has 1 unspecified atom stereocenters. The number of nitrogen functional groups attached to an aromatic ring is 1. The molecule has 1 aromatic heterocycles. The lowest BCUT2D eigenvalue weighted by molar-refractivity contribution is -0.119. The molecule has 0 fully saturated rings. The van der Waals surface area contributed by atoms with Crippen LogP contribution in [0.3, 0.4) is 0 Å². The summed E-state index contributed by atoms with van der Waals surface area (Å²) in [4.78, 5) is 12.7. The fraction of sp³-hybridized carbons (Fsp3) is 0.333. The summed E-state index contributed by atoms with van der Waals surface area (Å²) in [7, 11) is 0. The summed E-state index contributed by atoms with van der Waals surface area (Å²) in [6.07, 6.45) is 0.494. The second-order valence-electron chi connectivity index (χ2n) is 5.03. The van der Waals surface area contributed by atoms with Crippen molar-refractivity contribution in [3.8, 4) is 6.07 Å². The Balaban J connectivity index is 2.28. The third-order valence-electron chi connectivity index (χ3n) is 3.42. The third kappa shape index (κ3) is 3.99. The number of nitrogens with one attached hydrogen (secondary N) is 1. The molecule has 0 saturated heterocycles. The Labute approximate surface area is 149 Å². The number of aromatic nitrogens is 3. The zero-order valence-corrected chi connectivity index (χ0v) is 14.9. The van der Waals surface area contributed by atoms with Gasteiger partial charge in [0.2, 0.25) is 11.9 Å². The van der Waals surface area contributed by atoms with E-state index in [0.717, 1.165) is 5.56 Å². The predicted molar refractivity (Wildman–Crippen MR) is 94.9 cm³/mol. The van der Waals surface area contributed by atoms with Gasteiger partial charge in [-0.15, -0.1) is 10.2 Å². The van der Waals surface area contributed by atoms with Crippen molar-refractivity contribution in [2.75, 3.05) is 16.8 Å². The van der Waals surface area contributed by atoms with E-state index in [1.807, 2.05) is 26.0 Å². The molecule has 1 atom stereocenters. The molecule has 24 heavy (non-hydrogen) atoms. The van der Waals surface area contributed by atoms with Gasteiger partial charge in [-0.25, -0.2) is 0 Å². The van der Waals surface area contributed by atoms with Crippen molar-refractivity contribution in [2.24, 2.45) is 0 Å². The highest BCUT2D eigenvalue weighted by Gasteiger charge is 2.25. The maximum atomic E-state index is 12.7. The number of hydrogen-bond donors (Lipinski definition) is 2. The van der Waals surface area contributed by atoms with E-state index in [4.69, 9.17) is 22.6 Å². The van der Waals surface area contributed by atoms with Crippen LogP contribution in [-0.2, 0) is 4.79 Å². The molecule has 9 heteroatoms. The SMILES string of the molecule is CCC(C(=O)Nc1cc(Cl)ccc1C)n1c(N)nnc1SCC#N. The monoisotopic (exact) mass is 364 g/mol. The Morgan fingerprint density at radius 2 is 2.29 bits per heavy atom. The van der Waals surface area contributed by atoms with Crippen LogP contribution in [0.25, 0.3) is 0 Å². The fourth-order valence-corrected chi connectivity index (χ4v) is 3.03. The molecule has 0 aliphatic carbocycles. The maximum absolute atomic E-state index is 12.7. The van der Waals surface area contributed by atoms with E-state index in [1.165, 1.54) is 11.8 Å². The van der Waals surface area contributed by atoms with Crippen molar-refractivity contribution < 1.29 is 4.79 Å². The van der Waals surface area contributed by atoms with Gasteiger partial charge in [-0.2, -0.15) is 5.26 Å². The molecule has 0 aliphatic heterocycles. The molecule has 1 amide bonds. The van der Waals surface area contributed by atoms with Gasteiger partial charge < -0.3 is 11.1 Å². The highest BCUT2D eigenvalue weighted by atomic mass is 35.5. The highest BCUT2D eigenvalue weighted by Crippen LogP contribution is 2.27. The van der Waals surface area contributed by atoms with Crippen LogP contribution < -0.4 is 11.1 Å². The van der Waals surface area contributed by atoms with Gasteiger partial charge in [-0.1, -0.05) is 36.4 Å². The van der Waals surface area contributed by atoms with Crippen LogP contribution in [-0.4, -0.2) is 26.4 Å². The summed E-state index contributed by atoms with van der Waals surface area (Å²) in [5.41, 5.74) is 7.41. The Kier molecular flexibility index (Phi) is 6.06. The molecule has 0 aliphatic rings. The van der Waals surface area contributed by atoms with Gasteiger partial charge in [0.05, 0.1) is 11.8 Å². The number of nitrogens with two attached hydrogens (primary N) is 1. The van der Waals surface area contributed by atoms with Crippen LogP contribution in [0.1, 0.15) is 24.9 Å². The molecule has 1 heterocycles. The van der Waals surface area contributed by atoms with Crippen molar-refractivity contribution in [1.82, 2.24) is 14.8 Å². The van der Waals surface area contributed by atoms with Gasteiger partial charge in [0.25, 0.3) is 0 Å². The molecular weight excluding hydrogens is 348 g/mol. The highest BCUT2D eigenvalue weighted by molar-refractivity contribution is 7.99. The average Bonchev–Trinajstić information content (AvgIpc) is 2.91. The lowest BCUT2D eigenvalue weighted by Gasteiger charge is -2.19. The molecule has 0 radical (unpaired) electrons. The van der Waals surface area contributed by atoms with Crippen molar-refractivity contribution in [1.29, 1.82) is 5.26 Å². The molecule has 3 N–H and O–H groups in total. The van der Waals surface area contributed by atoms with Gasteiger partial charge in [-0.3, -0.25) is 9.36 Å². The molecule has 0 saturated carbocycles. The van der Waals surface area contributed by atoms with E-state index in [1.54, 1.807) is 16.7 Å². The maximum Gasteiger partial charge on any atom is 0.247 e. The summed E-state index contributed by atoms with van der Waals surface area (Å²) >= 11 is 7.18. The quantitative estimate of drug-likeness (QED) is 0.762. The molecule has 126 valence electrons. The molecule has 2 rings (SSSR count). The largest absolute Gasteiger partial charge is 0.368 e. The number of rotatable bonds is 6. The lowest BCUT2D eigenvalue weighted by atomic mass is 10.1. The van der Waals surface area contributed by atoms with E-state index < -0.39 is 6.04 Å². The average molecular weight is 365 g/mol. The van der Waals surface area contributed by atoms with Gasteiger partial charge in [0.1, 0.15) is 6.04 Å². The molecule has 1 aromatic carbocycles. The Bertz CT molecular complexity index is 785. The number of amides is 1. The van der Waals surface area contributed by atoms with E-state index in [9.17, 15) is 4.79 Å². The molecule has 7 nitrogen and oxygen atoms in total. The van der Waals surface area contributed by atoms with Crippen molar-refractivity contribution in [3.63, 3.8) is 0 Å². The first kappa shape index (κ1) is 18.1. The minimum Gasteiger partial charge on any atom is -0.368 e. The van der Waals surface area contributed by atoms with Crippen LogP contribution in [0.5, 0.6) is 0 Å². The first-order chi connectivity index (χ1) is 11.5. The number of thioether (sulfide) groups is 1. The molecule has 0 spiro atoms. The summed E-state index contributed by atoms with van der Waals surface area (Å²) in [5, 5.41) is 20.3. The minimum absolute atomic E-state index is 0.139. The van der Waals surface area contributed by atoms with Crippen LogP contribution in [0.15, 0.2) is 23.4 Å². The first-order valence-electron chi connectivity index (χ1n) is 7.25. The molecular formula is C15H17ClN6OS. The smallest absolute Gasteiger partial charge is 0.247 e. The normalized spacial score (nSPS) is 11.8. The van der Waals surface area contributed by atoms with Crippen molar-refractivity contribution in [2.45, 2.75) is 31.5 Å². The number of halogens is 1. The minimum atomic E-state index is -0.584. The van der Waals surface area contributed by atoms with Gasteiger partial charge in [0.15, 0.2) is 5.16 Å². The zero-order chi connectivity index (χ0) is 17.7. The number of hydrogen-bond acceptors (Lipinski definition) is 6. The van der Waals surface area contributed by atoms with Gasteiger partial charge in [-0.05, 0) is 31.0 Å². The number of nitrogens with zero attached hydrogens (tertiary/aromatic N) is 4. The second kappa shape index (κ2) is 8.04. The number of anilines is 2. The summed E-state index contributed by atoms with van der Waals surface area (Å²) in [6, 6.07) is 6.73. The zero-order valence-electron chi connectivity index (χ0n) is 13.3.